The SMILES string of the molecule is O=C(O)[C@H]1C2CCC(CC2)[C@@H]1Cc1nc(-c2[nH]nc3ncc(F)cc23)ncc1Cl. The first kappa shape index (κ1) is 18.4. The molecule has 3 aliphatic rings. The van der Waals surface area contributed by atoms with Crippen LogP contribution >= 0.6 is 11.6 Å². The molecule has 0 saturated heterocycles. The van der Waals surface area contributed by atoms with Gasteiger partial charge in [-0.2, -0.15) is 5.10 Å². The summed E-state index contributed by atoms with van der Waals surface area (Å²) in [5.41, 5.74) is 1.45. The summed E-state index contributed by atoms with van der Waals surface area (Å²) in [6, 6.07) is 1.33. The third kappa shape index (κ3) is 3.15. The van der Waals surface area contributed by atoms with Gasteiger partial charge in [0.2, 0.25) is 0 Å². The molecular weight excluding hydrogens is 397 g/mol. The Bertz CT molecular complexity index is 1100. The van der Waals surface area contributed by atoms with E-state index in [1.54, 1.807) is 0 Å². The van der Waals surface area contributed by atoms with Gasteiger partial charge in [0, 0.05) is 6.20 Å². The Hall–Kier alpha value is -2.61. The standard InChI is InChI=1S/C20H19ClFN5O2/c21-14-8-24-19(17-13-5-11(22)7-23-18(13)27-26-17)25-15(14)6-12-9-1-3-10(4-2-9)16(12)20(28)29/h5,7-10,12,16H,1-4,6H2,(H,28,29)(H,23,26,27)/t9?,10?,12-,16-/m0/s1. The van der Waals surface area contributed by atoms with Crippen LogP contribution in [0.15, 0.2) is 18.5 Å². The van der Waals surface area contributed by atoms with Crippen molar-refractivity contribution in [2.75, 3.05) is 0 Å². The molecule has 2 atom stereocenters. The van der Waals surface area contributed by atoms with E-state index < -0.39 is 11.8 Å². The van der Waals surface area contributed by atoms with Crippen LogP contribution in [0.3, 0.4) is 0 Å². The van der Waals surface area contributed by atoms with Gasteiger partial charge in [0.15, 0.2) is 11.5 Å². The van der Waals surface area contributed by atoms with E-state index >= 15 is 0 Å². The number of aliphatic carboxylic acids is 1. The lowest BCUT2D eigenvalue weighted by Crippen LogP contribution is -2.45. The van der Waals surface area contributed by atoms with Crippen LogP contribution < -0.4 is 0 Å². The fourth-order valence-corrected chi connectivity index (χ4v) is 5.36. The number of hydrogen-bond donors (Lipinski definition) is 2. The molecule has 0 aliphatic heterocycles. The lowest BCUT2D eigenvalue weighted by atomic mass is 9.57. The minimum absolute atomic E-state index is 0.0119. The molecule has 2 N–H and O–H groups in total. The number of rotatable bonds is 4. The molecule has 3 aromatic heterocycles. The van der Waals surface area contributed by atoms with E-state index in [4.69, 9.17) is 11.6 Å². The number of pyridine rings is 1. The number of nitrogens with zero attached hydrogens (tertiary/aromatic N) is 4. The molecule has 29 heavy (non-hydrogen) atoms. The van der Waals surface area contributed by atoms with Crippen molar-refractivity contribution in [2.24, 2.45) is 23.7 Å². The largest absolute Gasteiger partial charge is 0.481 e. The molecule has 3 fully saturated rings. The number of carboxylic acids is 1. The number of aromatic amines is 1. The molecule has 6 rings (SSSR count). The summed E-state index contributed by atoms with van der Waals surface area (Å²) in [5, 5.41) is 17.6. The average Bonchev–Trinajstić information content (AvgIpc) is 3.13. The van der Waals surface area contributed by atoms with Crippen LogP contribution in [-0.2, 0) is 11.2 Å². The molecule has 2 bridgehead atoms. The van der Waals surface area contributed by atoms with E-state index in [-0.39, 0.29) is 17.8 Å². The maximum Gasteiger partial charge on any atom is 0.307 e. The maximum atomic E-state index is 13.6. The topological polar surface area (TPSA) is 105 Å². The highest BCUT2D eigenvalue weighted by Gasteiger charge is 2.47. The molecule has 3 heterocycles. The van der Waals surface area contributed by atoms with Crippen LogP contribution in [0, 0.1) is 29.5 Å². The van der Waals surface area contributed by atoms with E-state index in [9.17, 15) is 14.3 Å². The van der Waals surface area contributed by atoms with E-state index in [0.29, 0.717) is 45.6 Å². The summed E-state index contributed by atoms with van der Waals surface area (Å²) in [4.78, 5) is 24.8. The fourth-order valence-electron chi connectivity index (χ4n) is 5.19. The normalized spacial score (nSPS) is 26.1. The van der Waals surface area contributed by atoms with Crippen LogP contribution in [0.1, 0.15) is 31.4 Å². The first-order valence-electron chi connectivity index (χ1n) is 9.75. The van der Waals surface area contributed by atoms with Crippen molar-refractivity contribution >= 4 is 28.6 Å². The summed E-state index contributed by atoms with van der Waals surface area (Å²) in [7, 11) is 0. The first-order valence-corrected chi connectivity index (χ1v) is 10.1. The number of carboxylic acid groups (broad SMARTS) is 1. The Kier molecular flexibility index (Phi) is 4.46. The Labute approximate surface area is 170 Å². The van der Waals surface area contributed by atoms with Crippen molar-refractivity contribution < 1.29 is 14.3 Å². The van der Waals surface area contributed by atoms with Crippen molar-refractivity contribution in [3.63, 3.8) is 0 Å². The number of aromatic nitrogens is 5. The van der Waals surface area contributed by atoms with Gasteiger partial charge in [-0.1, -0.05) is 11.6 Å². The maximum absolute atomic E-state index is 13.6. The second-order valence-electron chi connectivity index (χ2n) is 8.02. The van der Waals surface area contributed by atoms with Gasteiger partial charge in [-0.05, 0) is 55.9 Å². The van der Waals surface area contributed by atoms with Gasteiger partial charge in [0.05, 0.1) is 28.2 Å². The van der Waals surface area contributed by atoms with Crippen LogP contribution in [0.5, 0.6) is 0 Å². The number of carbonyl (C=O) groups is 1. The summed E-state index contributed by atoms with van der Waals surface area (Å²) >= 11 is 6.38. The monoisotopic (exact) mass is 415 g/mol. The van der Waals surface area contributed by atoms with E-state index in [0.717, 1.165) is 31.9 Å². The minimum Gasteiger partial charge on any atom is -0.481 e. The van der Waals surface area contributed by atoms with Crippen molar-refractivity contribution in [3.05, 3.63) is 35.0 Å². The van der Waals surface area contributed by atoms with Crippen molar-refractivity contribution in [1.29, 1.82) is 0 Å². The molecule has 3 saturated carbocycles. The van der Waals surface area contributed by atoms with Crippen LogP contribution in [-0.4, -0.2) is 36.2 Å². The van der Waals surface area contributed by atoms with Gasteiger partial charge in [-0.25, -0.2) is 19.3 Å². The molecule has 0 aromatic carbocycles. The lowest BCUT2D eigenvalue weighted by molar-refractivity contribution is -0.152. The van der Waals surface area contributed by atoms with Crippen LogP contribution in [0.25, 0.3) is 22.6 Å². The van der Waals surface area contributed by atoms with E-state index in [1.807, 2.05) is 0 Å². The van der Waals surface area contributed by atoms with Gasteiger partial charge in [0.25, 0.3) is 0 Å². The summed E-state index contributed by atoms with van der Waals surface area (Å²) < 4.78 is 13.6. The third-order valence-corrected chi connectivity index (χ3v) is 6.84. The quantitative estimate of drug-likeness (QED) is 0.669. The zero-order valence-electron chi connectivity index (χ0n) is 15.5. The highest BCUT2D eigenvalue weighted by Crippen LogP contribution is 2.50. The minimum atomic E-state index is -0.726. The molecule has 150 valence electrons. The number of halogens is 2. The van der Waals surface area contributed by atoms with Crippen LogP contribution in [0.2, 0.25) is 5.02 Å². The summed E-state index contributed by atoms with van der Waals surface area (Å²) in [6.07, 6.45) is 7.20. The Morgan fingerprint density at radius 3 is 2.72 bits per heavy atom. The number of hydrogen-bond acceptors (Lipinski definition) is 5. The number of H-pyrrole nitrogens is 1. The zero-order chi connectivity index (χ0) is 20.1. The van der Waals surface area contributed by atoms with Crippen molar-refractivity contribution in [3.8, 4) is 11.5 Å². The zero-order valence-corrected chi connectivity index (χ0v) is 16.2. The highest BCUT2D eigenvalue weighted by atomic mass is 35.5. The lowest BCUT2D eigenvalue weighted by Gasteiger charge is -2.46. The van der Waals surface area contributed by atoms with E-state index in [1.165, 1.54) is 12.3 Å². The third-order valence-electron chi connectivity index (χ3n) is 6.52. The molecule has 3 aromatic rings. The van der Waals surface area contributed by atoms with Gasteiger partial charge in [-0.15, -0.1) is 0 Å². The van der Waals surface area contributed by atoms with Gasteiger partial charge < -0.3 is 5.11 Å². The van der Waals surface area contributed by atoms with Crippen LogP contribution in [0.4, 0.5) is 4.39 Å². The van der Waals surface area contributed by atoms with E-state index in [2.05, 4.69) is 25.1 Å². The first-order chi connectivity index (χ1) is 14.0. The Morgan fingerprint density at radius 1 is 1.21 bits per heavy atom. The Morgan fingerprint density at radius 2 is 1.97 bits per heavy atom. The molecule has 0 unspecified atom stereocenters. The molecule has 7 nitrogen and oxygen atoms in total. The second kappa shape index (κ2) is 7.02. The molecule has 9 heteroatoms. The van der Waals surface area contributed by atoms with Crippen molar-refractivity contribution in [2.45, 2.75) is 32.1 Å². The predicted molar refractivity (Wildman–Crippen MR) is 104 cm³/mol. The van der Waals surface area contributed by atoms with Gasteiger partial charge in [0.1, 0.15) is 11.5 Å². The highest BCUT2D eigenvalue weighted by molar-refractivity contribution is 6.31. The summed E-state index contributed by atoms with van der Waals surface area (Å²) in [5.74, 6) is -0.601. The number of fused-ring (bicyclic) bond motifs is 4. The smallest absolute Gasteiger partial charge is 0.307 e. The van der Waals surface area contributed by atoms with Gasteiger partial charge in [-0.3, -0.25) is 9.89 Å². The molecule has 0 spiro atoms. The molecule has 0 amide bonds. The molecular formula is C20H19ClFN5O2. The summed E-state index contributed by atoms with van der Waals surface area (Å²) in [6.45, 7) is 0. The van der Waals surface area contributed by atoms with Crippen molar-refractivity contribution in [1.82, 2.24) is 25.1 Å². The fraction of sp³-hybridized carbons (Fsp3) is 0.450. The average molecular weight is 416 g/mol. The molecule has 3 aliphatic carbocycles. The second-order valence-corrected chi connectivity index (χ2v) is 8.43. The Balaban J connectivity index is 1.51. The number of nitrogens with one attached hydrogen (secondary N) is 1. The predicted octanol–water partition coefficient (Wildman–Crippen LogP) is 3.89. The molecule has 0 radical (unpaired) electrons. The van der Waals surface area contributed by atoms with Gasteiger partial charge >= 0.3 is 5.97 Å².